The van der Waals surface area contributed by atoms with Crippen molar-refractivity contribution in [3.63, 3.8) is 0 Å². The highest BCUT2D eigenvalue weighted by Crippen LogP contribution is 2.31. The van der Waals surface area contributed by atoms with E-state index in [1.54, 1.807) is 24.3 Å². The van der Waals surface area contributed by atoms with Gasteiger partial charge in [-0.1, -0.05) is 35.9 Å². The highest BCUT2D eigenvalue weighted by Gasteiger charge is 2.24. The molecule has 1 aliphatic carbocycles. The molecule has 0 aliphatic heterocycles. The molecule has 5 heteroatoms. The van der Waals surface area contributed by atoms with E-state index >= 15 is 0 Å². The molecule has 0 radical (unpaired) electrons. The second-order valence-electron chi connectivity index (χ2n) is 6.53. The van der Waals surface area contributed by atoms with Gasteiger partial charge < -0.3 is 5.32 Å². The van der Waals surface area contributed by atoms with E-state index in [-0.39, 0.29) is 17.7 Å². The summed E-state index contributed by atoms with van der Waals surface area (Å²) >= 11 is 0. The van der Waals surface area contributed by atoms with Crippen LogP contribution < -0.4 is 5.32 Å². The number of rotatable bonds is 4. The molecule has 0 spiro atoms. The van der Waals surface area contributed by atoms with Crippen LogP contribution >= 0.6 is 0 Å². The summed E-state index contributed by atoms with van der Waals surface area (Å²) in [5.74, 6) is -0.135. The molecule has 3 rings (SSSR count). The van der Waals surface area contributed by atoms with Crippen LogP contribution in [0.2, 0.25) is 0 Å². The van der Waals surface area contributed by atoms with E-state index in [2.05, 4.69) is 30.4 Å². The number of carbonyl (C=O) groups is 1. The van der Waals surface area contributed by atoms with Crippen molar-refractivity contribution in [1.29, 1.82) is 0 Å². The van der Waals surface area contributed by atoms with Crippen molar-refractivity contribution < 1.29 is 13.2 Å². The minimum atomic E-state index is -3.07. The van der Waals surface area contributed by atoms with Crippen LogP contribution in [0.25, 0.3) is 0 Å². The zero-order chi connectivity index (χ0) is 17.3. The minimum Gasteiger partial charge on any atom is -0.345 e. The number of fused-ring (bicyclic) bond motifs is 1. The molecular formula is C19H21NO3S. The van der Waals surface area contributed by atoms with E-state index in [0.717, 1.165) is 12.8 Å². The van der Waals surface area contributed by atoms with Gasteiger partial charge in [0, 0.05) is 11.8 Å². The lowest BCUT2D eigenvalue weighted by atomic mass is 10.0. The van der Waals surface area contributed by atoms with Crippen LogP contribution in [0.4, 0.5) is 0 Å². The van der Waals surface area contributed by atoms with E-state index in [0.29, 0.717) is 11.1 Å². The largest absolute Gasteiger partial charge is 0.345 e. The van der Waals surface area contributed by atoms with Crippen molar-refractivity contribution in [3.8, 4) is 0 Å². The Kier molecular flexibility index (Phi) is 4.45. The second kappa shape index (κ2) is 6.40. The van der Waals surface area contributed by atoms with Crippen molar-refractivity contribution in [2.24, 2.45) is 0 Å². The fraction of sp³-hybridized carbons (Fsp3) is 0.316. The van der Waals surface area contributed by atoms with E-state index in [1.165, 1.54) is 22.9 Å². The Morgan fingerprint density at radius 2 is 1.88 bits per heavy atom. The average molecular weight is 343 g/mol. The quantitative estimate of drug-likeness (QED) is 0.928. The summed E-state index contributed by atoms with van der Waals surface area (Å²) in [5, 5.41) is 3.08. The third-order valence-corrected chi connectivity index (χ3v) is 5.18. The average Bonchev–Trinajstić information content (AvgIpc) is 2.88. The molecule has 1 amide bonds. The van der Waals surface area contributed by atoms with Gasteiger partial charge in [-0.25, -0.2) is 8.42 Å². The lowest BCUT2D eigenvalue weighted by Gasteiger charge is -2.14. The van der Waals surface area contributed by atoms with Crippen LogP contribution in [0.5, 0.6) is 0 Å². The zero-order valence-corrected chi connectivity index (χ0v) is 14.7. The van der Waals surface area contributed by atoms with Gasteiger partial charge in [0.2, 0.25) is 0 Å². The SMILES string of the molecule is Cc1ccc2c(c1)CC[C@@H]2NC(=O)c1ccc(CS(C)(=O)=O)cc1. The number of hydrogen-bond donors (Lipinski definition) is 1. The topological polar surface area (TPSA) is 63.2 Å². The lowest BCUT2D eigenvalue weighted by molar-refractivity contribution is 0.0936. The predicted molar refractivity (Wildman–Crippen MR) is 94.7 cm³/mol. The third-order valence-electron chi connectivity index (χ3n) is 4.33. The Bertz CT molecular complexity index is 870. The van der Waals surface area contributed by atoms with E-state index in [4.69, 9.17) is 0 Å². The summed E-state index contributed by atoms with van der Waals surface area (Å²) in [6.45, 7) is 2.07. The highest BCUT2D eigenvalue weighted by molar-refractivity contribution is 7.89. The highest BCUT2D eigenvalue weighted by atomic mass is 32.2. The molecule has 0 unspecified atom stereocenters. The van der Waals surface area contributed by atoms with Gasteiger partial charge in [0.25, 0.3) is 5.91 Å². The lowest BCUT2D eigenvalue weighted by Crippen LogP contribution is -2.27. The molecule has 4 nitrogen and oxygen atoms in total. The third kappa shape index (κ3) is 3.85. The van der Waals surface area contributed by atoms with E-state index in [1.807, 2.05) is 0 Å². The molecular weight excluding hydrogens is 322 g/mol. The molecule has 0 fully saturated rings. The summed E-state index contributed by atoms with van der Waals surface area (Å²) in [6.07, 6.45) is 3.10. The number of sulfone groups is 1. The number of nitrogens with one attached hydrogen (secondary N) is 1. The van der Waals surface area contributed by atoms with Gasteiger partial charge in [-0.05, 0) is 48.6 Å². The van der Waals surface area contributed by atoms with Crippen molar-refractivity contribution in [2.45, 2.75) is 31.6 Å². The number of carbonyl (C=O) groups excluding carboxylic acids is 1. The first-order valence-electron chi connectivity index (χ1n) is 7.99. The molecule has 0 saturated carbocycles. The summed E-state index contributed by atoms with van der Waals surface area (Å²) in [4.78, 5) is 12.4. The number of aryl methyl sites for hydroxylation is 2. The van der Waals surface area contributed by atoms with Gasteiger partial charge in [0.05, 0.1) is 11.8 Å². The van der Waals surface area contributed by atoms with Crippen molar-refractivity contribution in [2.75, 3.05) is 6.26 Å². The van der Waals surface area contributed by atoms with Gasteiger partial charge in [-0.15, -0.1) is 0 Å². The normalized spacial score (nSPS) is 16.7. The molecule has 0 bridgehead atoms. The van der Waals surface area contributed by atoms with Gasteiger partial charge in [-0.3, -0.25) is 4.79 Å². The maximum absolute atomic E-state index is 12.4. The summed E-state index contributed by atoms with van der Waals surface area (Å²) < 4.78 is 22.6. The van der Waals surface area contributed by atoms with Crippen molar-refractivity contribution in [3.05, 3.63) is 70.3 Å². The first-order valence-corrected chi connectivity index (χ1v) is 10.0. The fourth-order valence-corrected chi connectivity index (χ4v) is 3.99. The predicted octanol–water partition coefficient (Wildman–Crippen LogP) is 2.96. The monoisotopic (exact) mass is 343 g/mol. The summed E-state index contributed by atoms with van der Waals surface area (Å²) in [7, 11) is -3.07. The van der Waals surface area contributed by atoms with Crippen LogP contribution in [-0.4, -0.2) is 20.6 Å². The summed E-state index contributed by atoms with van der Waals surface area (Å²) in [5.41, 5.74) is 4.98. The Hall–Kier alpha value is -2.14. The molecule has 126 valence electrons. The van der Waals surface area contributed by atoms with E-state index in [9.17, 15) is 13.2 Å². The second-order valence-corrected chi connectivity index (χ2v) is 8.67. The van der Waals surface area contributed by atoms with Crippen molar-refractivity contribution >= 4 is 15.7 Å². The van der Waals surface area contributed by atoms with Crippen LogP contribution in [0.1, 0.15) is 45.1 Å². The Morgan fingerprint density at radius 1 is 1.17 bits per heavy atom. The Labute approximate surface area is 142 Å². The zero-order valence-electron chi connectivity index (χ0n) is 13.9. The molecule has 1 atom stereocenters. The Morgan fingerprint density at radius 3 is 2.54 bits per heavy atom. The fourth-order valence-electron chi connectivity index (χ4n) is 3.19. The first kappa shape index (κ1) is 16.7. The Balaban J connectivity index is 1.70. The maximum atomic E-state index is 12.4. The minimum absolute atomic E-state index is 0.00967. The first-order chi connectivity index (χ1) is 11.3. The van der Waals surface area contributed by atoms with Gasteiger partial charge in [0.1, 0.15) is 0 Å². The number of benzene rings is 2. The maximum Gasteiger partial charge on any atom is 0.251 e. The number of hydrogen-bond acceptors (Lipinski definition) is 3. The van der Waals surface area contributed by atoms with Crippen LogP contribution in [0, 0.1) is 6.92 Å². The molecule has 24 heavy (non-hydrogen) atoms. The molecule has 0 saturated heterocycles. The van der Waals surface area contributed by atoms with Gasteiger partial charge in [0.15, 0.2) is 9.84 Å². The van der Waals surface area contributed by atoms with Crippen LogP contribution in [0.3, 0.4) is 0 Å². The standard InChI is InChI=1S/C19H21NO3S/c1-13-3-9-17-16(11-13)8-10-18(17)20-19(21)15-6-4-14(5-7-15)12-24(2,22)23/h3-7,9,11,18H,8,10,12H2,1-2H3,(H,20,21)/t18-/m0/s1. The molecule has 1 aliphatic rings. The molecule has 2 aromatic rings. The van der Waals surface area contributed by atoms with Crippen LogP contribution in [0.15, 0.2) is 42.5 Å². The molecule has 1 N–H and O–H groups in total. The molecule has 0 heterocycles. The molecule has 0 aromatic heterocycles. The molecule has 2 aromatic carbocycles. The van der Waals surface area contributed by atoms with Gasteiger partial charge >= 0.3 is 0 Å². The van der Waals surface area contributed by atoms with E-state index < -0.39 is 9.84 Å². The van der Waals surface area contributed by atoms with Gasteiger partial charge in [-0.2, -0.15) is 0 Å². The van der Waals surface area contributed by atoms with Crippen molar-refractivity contribution in [1.82, 2.24) is 5.32 Å². The summed E-state index contributed by atoms with van der Waals surface area (Å²) in [6, 6.07) is 13.2. The smallest absolute Gasteiger partial charge is 0.251 e. The van der Waals surface area contributed by atoms with Crippen LogP contribution in [-0.2, 0) is 22.0 Å². The number of amides is 1.